The second-order valence-electron chi connectivity index (χ2n) is 13.1. The average molecular weight is 668 g/mol. The number of rotatable bonds is 25. The first-order chi connectivity index (χ1) is 23.0. The second-order valence-corrected chi connectivity index (χ2v) is 14.2. The zero-order valence-electron chi connectivity index (χ0n) is 29.3. The fourth-order valence-electron chi connectivity index (χ4n) is 6.66. The van der Waals surface area contributed by atoms with Crippen LogP contribution in [0.15, 0.2) is 35.7 Å². The van der Waals surface area contributed by atoms with Crippen LogP contribution in [0.3, 0.4) is 0 Å². The van der Waals surface area contributed by atoms with Crippen molar-refractivity contribution in [3.63, 3.8) is 0 Å². The molecule has 0 aliphatic heterocycles. The second kappa shape index (κ2) is 23.6. The Labute approximate surface area is 288 Å². The number of nitrogens with zero attached hydrogens (tertiary/aromatic N) is 1. The van der Waals surface area contributed by atoms with E-state index in [2.05, 4.69) is 46.0 Å². The fraction of sp³-hybridized carbons (Fsp3) is 0.667. The number of fused-ring (bicyclic) bond motifs is 1. The van der Waals surface area contributed by atoms with Crippen LogP contribution in [0.2, 0.25) is 0 Å². The van der Waals surface area contributed by atoms with E-state index in [-0.39, 0.29) is 24.2 Å². The van der Waals surface area contributed by atoms with Gasteiger partial charge in [0.1, 0.15) is 5.75 Å². The van der Waals surface area contributed by atoms with Crippen molar-refractivity contribution >= 4 is 29.1 Å². The van der Waals surface area contributed by atoms with Crippen LogP contribution in [0.4, 0.5) is 0 Å². The molecular weight excluding hydrogens is 607 g/mol. The molecular formula is C39H61N3O4S. The predicted octanol–water partition coefficient (Wildman–Crippen LogP) is 8.18. The number of hydrogen-bond acceptors (Lipinski definition) is 6. The number of thiophene rings is 1. The highest BCUT2D eigenvalue weighted by molar-refractivity contribution is 7.09. The minimum absolute atomic E-state index is 0.0203. The van der Waals surface area contributed by atoms with E-state index in [0.29, 0.717) is 31.2 Å². The topological polar surface area (TPSA) is 87.7 Å². The summed E-state index contributed by atoms with van der Waals surface area (Å²) in [5, 5.41) is 7.73. The van der Waals surface area contributed by atoms with E-state index < -0.39 is 0 Å². The van der Waals surface area contributed by atoms with Gasteiger partial charge in [-0.2, -0.15) is 0 Å². The number of carbonyl (C=O) groups is 3. The molecule has 0 bridgehead atoms. The molecule has 2 N–H and O–H groups in total. The van der Waals surface area contributed by atoms with Crippen LogP contribution in [0.1, 0.15) is 132 Å². The van der Waals surface area contributed by atoms with Crippen LogP contribution in [0.5, 0.6) is 5.75 Å². The van der Waals surface area contributed by atoms with E-state index in [4.69, 9.17) is 4.74 Å². The molecule has 0 spiro atoms. The summed E-state index contributed by atoms with van der Waals surface area (Å²) in [7, 11) is 1.70. The molecule has 8 heteroatoms. The molecule has 1 heterocycles. The smallest absolute Gasteiger partial charge is 0.312 e. The van der Waals surface area contributed by atoms with Gasteiger partial charge in [0.05, 0.1) is 6.42 Å². The lowest BCUT2D eigenvalue weighted by Crippen LogP contribution is -2.41. The Bertz CT molecular complexity index is 1170. The summed E-state index contributed by atoms with van der Waals surface area (Å²) in [6.07, 6.45) is 20.7. The van der Waals surface area contributed by atoms with E-state index >= 15 is 0 Å². The Hall–Kier alpha value is -2.71. The standard InChI is InChI=1S/C39H61N3O4S/c1-3-28-42(29-26-34-19-17-30-47-34)33-23-24-35-32(31-33)18-16-20-36(35)46-39(45)25-27-41-38(44)22-15-13-11-9-7-5-4-6-8-10-12-14-21-37(43)40-2/h16-20,30,33H,3-15,21-29,31H2,1-2H3,(H,40,43)(H,41,44)/t33-/m0/s1. The molecule has 0 unspecified atom stereocenters. The van der Waals surface area contributed by atoms with Crippen LogP contribution in [0.25, 0.3) is 0 Å². The van der Waals surface area contributed by atoms with Gasteiger partial charge in [0.2, 0.25) is 11.8 Å². The summed E-state index contributed by atoms with van der Waals surface area (Å²) in [5.41, 5.74) is 2.46. The van der Waals surface area contributed by atoms with Gasteiger partial charge < -0.3 is 15.4 Å². The number of nitrogens with one attached hydrogen (secondary N) is 2. The molecule has 1 aliphatic carbocycles. The van der Waals surface area contributed by atoms with Crippen LogP contribution < -0.4 is 15.4 Å². The van der Waals surface area contributed by atoms with Crippen LogP contribution >= 0.6 is 11.3 Å². The van der Waals surface area contributed by atoms with Gasteiger partial charge in [-0.25, -0.2) is 0 Å². The lowest BCUT2D eigenvalue weighted by atomic mass is 9.86. The third kappa shape index (κ3) is 15.8. The van der Waals surface area contributed by atoms with Gasteiger partial charge in [-0.05, 0) is 80.1 Å². The van der Waals surface area contributed by atoms with Crippen molar-refractivity contribution in [2.45, 2.75) is 141 Å². The molecule has 2 aromatic rings. The van der Waals surface area contributed by atoms with Crippen molar-refractivity contribution in [3.8, 4) is 5.75 Å². The first-order valence-electron chi connectivity index (χ1n) is 18.5. The quantitative estimate of drug-likeness (QED) is 0.0634. The molecule has 3 rings (SSSR count). The highest BCUT2D eigenvalue weighted by atomic mass is 32.1. The third-order valence-electron chi connectivity index (χ3n) is 9.38. The first-order valence-corrected chi connectivity index (χ1v) is 19.4. The summed E-state index contributed by atoms with van der Waals surface area (Å²) < 4.78 is 5.81. The molecule has 1 aliphatic rings. The Balaban J connectivity index is 1.21. The van der Waals surface area contributed by atoms with E-state index in [1.807, 2.05) is 23.5 Å². The number of ether oxygens (including phenoxy) is 1. The average Bonchev–Trinajstić information content (AvgIpc) is 3.60. The summed E-state index contributed by atoms with van der Waals surface area (Å²) in [4.78, 5) is 40.2. The highest BCUT2D eigenvalue weighted by Crippen LogP contribution is 2.32. The lowest BCUT2D eigenvalue weighted by molar-refractivity contribution is -0.134. The molecule has 0 radical (unpaired) electrons. The Morgan fingerprint density at radius 1 is 0.830 bits per heavy atom. The third-order valence-corrected chi connectivity index (χ3v) is 10.3. The van der Waals surface area contributed by atoms with Gasteiger partial charge in [-0.3, -0.25) is 19.3 Å². The zero-order valence-corrected chi connectivity index (χ0v) is 30.1. The molecule has 1 aromatic carbocycles. The van der Waals surface area contributed by atoms with E-state index in [1.165, 1.54) is 67.4 Å². The maximum Gasteiger partial charge on any atom is 0.312 e. The molecule has 262 valence electrons. The monoisotopic (exact) mass is 667 g/mol. The van der Waals surface area contributed by atoms with Crippen molar-refractivity contribution in [3.05, 3.63) is 51.7 Å². The normalized spacial score (nSPS) is 14.1. The lowest BCUT2D eigenvalue weighted by Gasteiger charge is -2.35. The molecule has 47 heavy (non-hydrogen) atoms. The maximum atomic E-state index is 12.7. The van der Waals surface area contributed by atoms with Crippen LogP contribution in [0, 0.1) is 0 Å². The summed E-state index contributed by atoms with van der Waals surface area (Å²) in [6.45, 7) is 4.76. The number of hydrogen-bond donors (Lipinski definition) is 2. The minimum atomic E-state index is -0.287. The fourth-order valence-corrected chi connectivity index (χ4v) is 7.36. The highest BCUT2D eigenvalue weighted by Gasteiger charge is 2.26. The van der Waals surface area contributed by atoms with Crippen molar-refractivity contribution < 1.29 is 19.1 Å². The van der Waals surface area contributed by atoms with Gasteiger partial charge >= 0.3 is 5.97 Å². The Morgan fingerprint density at radius 2 is 1.49 bits per heavy atom. The van der Waals surface area contributed by atoms with Crippen molar-refractivity contribution in [1.82, 2.24) is 15.5 Å². The summed E-state index contributed by atoms with van der Waals surface area (Å²) in [6, 6.07) is 11.0. The minimum Gasteiger partial charge on any atom is -0.426 e. The van der Waals surface area contributed by atoms with Crippen molar-refractivity contribution in [1.29, 1.82) is 0 Å². The van der Waals surface area contributed by atoms with Crippen LogP contribution in [-0.2, 0) is 33.6 Å². The van der Waals surface area contributed by atoms with Gasteiger partial charge in [0, 0.05) is 43.9 Å². The molecule has 2 amide bonds. The van der Waals surface area contributed by atoms with E-state index in [0.717, 1.165) is 70.9 Å². The molecule has 0 fully saturated rings. The van der Waals surface area contributed by atoms with Gasteiger partial charge in [-0.15, -0.1) is 11.3 Å². The maximum absolute atomic E-state index is 12.7. The number of unbranched alkanes of at least 4 members (excludes halogenated alkanes) is 11. The molecule has 7 nitrogen and oxygen atoms in total. The predicted molar refractivity (Wildman–Crippen MR) is 194 cm³/mol. The zero-order chi connectivity index (χ0) is 33.5. The first kappa shape index (κ1) is 38.7. The van der Waals surface area contributed by atoms with E-state index in [9.17, 15) is 14.4 Å². The van der Waals surface area contributed by atoms with Gasteiger partial charge in [0.15, 0.2) is 0 Å². The van der Waals surface area contributed by atoms with Gasteiger partial charge in [-0.1, -0.05) is 89.3 Å². The Morgan fingerprint density at radius 3 is 2.11 bits per heavy atom. The number of esters is 1. The van der Waals surface area contributed by atoms with Crippen molar-refractivity contribution in [2.75, 3.05) is 26.7 Å². The van der Waals surface area contributed by atoms with Crippen molar-refractivity contribution in [2.24, 2.45) is 0 Å². The molecule has 0 saturated heterocycles. The summed E-state index contributed by atoms with van der Waals surface area (Å²) >= 11 is 1.84. The SMILES string of the molecule is CCCN(CCc1cccs1)[C@H]1CCc2c(cccc2OC(=O)CCNC(=O)CCCCCCCCCCCCCCC(=O)NC)C1. The van der Waals surface area contributed by atoms with E-state index in [1.54, 1.807) is 7.05 Å². The summed E-state index contributed by atoms with van der Waals surface area (Å²) in [5.74, 6) is 0.568. The number of amides is 2. The van der Waals surface area contributed by atoms with Gasteiger partial charge in [0.25, 0.3) is 0 Å². The van der Waals surface area contributed by atoms with Crippen LogP contribution in [-0.4, -0.2) is 55.4 Å². The largest absolute Gasteiger partial charge is 0.426 e. The Kier molecular flexibility index (Phi) is 19.4. The molecule has 0 saturated carbocycles. The molecule has 1 atom stereocenters. The number of benzene rings is 1. The number of carbonyl (C=O) groups excluding carboxylic acids is 3. The molecule has 1 aromatic heterocycles.